The summed E-state index contributed by atoms with van der Waals surface area (Å²) < 4.78 is 0. The predicted molar refractivity (Wildman–Crippen MR) is 135 cm³/mol. The lowest BCUT2D eigenvalue weighted by molar-refractivity contribution is -0.384. The molecule has 2 N–H and O–H groups in total. The van der Waals surface area contributed by atoms with E-state index in [2.05, 4.69) is 15.5 Å². The number of nitrogens with zero attached hydrogens (tertiary/aromatic N) is 3. The summed E-state index contributed by atoms with van der Waals surface area (Å²) in [6, 6.07) is 18.5. The number of piperazine rings is 1. The zero-order valence-electron chi connectivity index (χ0n) is 17.8. The topological polar surface area (TPSA) is 90.8 Å². The zero-order valence-corrected chi connectivity index (χ0v) is 19.4. The molecular formula is C23H23N5O3S2. The van der Waals surface area contributed by atoms with Crippen LogP contribution in [0.25, 0.3) is 0 Å². The van der Waals surface area contributed by atoms with Crippen molar-refractivity contribution in [2.45, 2.75) is 6.54 Å². The maximum absolute atomic E-state index is 12.2. The van der Waals surface area contributed by atoms with E-state index >= 15 is 0 Å². The summed E-state index contributed by atoms with van der Waals surface area (Å²) in [6.45, 7) is 3.16. The highest BCUT2D eigenvalue weighted by atomic mass is 32.1. The fourth-order valence-electron chi connectivity index (χ4n) is 3.63. The van der Waals surface area contributed by atoms with Crippen molar-refractivity contribution in [3.8, 4) is 0 Å². The van der Waals surface area contributed by atoms with Gasteiger partial charge >= 0.3 is 0 Å². The van der Waals surface area contributed by atoms with Crippen LogP contribution in [0.5, 0.6) is 0 Å². The van der Waals surface area contributed by atoms with Crippen LogP contribution < -0.4 is 15.5 Å². The van der Waals surface area contributed by atoms with Crippen molar-refractivity contribution in [1.82, 2.24) is 10.2 Å². The van der Waals surface area contributed by atoms with Crippen LogP contribution in [0.4, 0.5) is 17.1 Å². The first-order valence-corrected chi connectivity index (χ1v) is 11.7. The molecule has 1 amide bonds. The fourth-order valence-corrected chi connectivity index (χ4v) is 4.52. The van der Waals surface area contributed by atoms with Gasteiger partial charge in [0.1, 0.15) is 5.69 Å². The van der Waals surface area contributed by atoms with Crippen molar-refractivity contribution in [2.75, 3.05) is 36.4 Å². The number of thiocarbonyl (C=S) groups is 1. The minimum absolute atomic E-state index is 0.0470. The van der Waals surface area contributed by atoms with Gasteiger partial charge in [0.15, 0.2) is 5.11 Å². The molecular weight excluding hydrogens is 458 g/mol. The molecule has 0 unspecified atom stereocenters. The summed E-state index contributed by atoms with van der Waals surface area (Å²) in [7, 11) is 0. The number of anilines is 2. The van der Waals surface area contributed by atoms with Gasteiger partial charge in [0, 0.05) is 44.5 Å². The lowest BCUT2D eigenvalue weighted by Gasteiger charge is -2.37. The van der Waals surface area contributed by atoms with E-state index in [1.165, 1.54) is 11.3 Å². The standard InChI is InChI=1S/C23H23N5O3S2/c29-22(21-7-4-14-33-21)25-23(32)27-12-10-26(11-13-27)18-8-9-20(28(30)31)19(15-18)24-16-17-5-2-1-3-6-17/h1-9,14-15,24H,10-13,16H2,(H,25,29,32). The summed E-state index contributed by atoms with van der Waals surface area (Å²) in [5.74, 6) is -0.193. The van der Waals surface area contributed by atoms with E-state index in [0.29, 0.717) is 48.4 Å². The molecule has 0 saturated carbocycles. The number of nitrogens with one attached hydrogen (secondary N) is 2. The van der Waals surface area contributed by atoms with E-state index in [1.807, 2.05) is 52.7 Å². The van der Waals surface area contributed by atoms with Crippen LogP contribution >= 0.6 is 23.6 Å². The molecule has 1 aromatic heterocycles. The molecule has 0 atom stereocenters. The summed E-state index contributed by atoms with van der Waals surface area (Å²) in [5.41, 5.74) is 2.49. The summed E-state index contributed by atoms with van der Waals surface area (Å²) in [5, 5.41) is 19.8. The van der Waals surface area contributed by atoms with Crippen LogP contribution in [0, 0.1) is 10.1 Å². The molecule has 0 radical (unpaired) electrons. The third kappa shape index (κ3) is 5.65. The zero-order chi connectivity index (χ0) is 23.2. The normalized spacial score (nSPS) is 13.5. The van der Waals surface area contributed by atoms with E-state index in [-0.39, 0.29) is 16.5 Å². The van der Waals surface area contributed by atoms with Crippen LogP contribution in [0.1, 0.15) is 15.2 Å². The minimum atomic E-state index is -0.371. The maximum Gasteiger partial charge on any atom is 0.292 e. The Hall–Kier alpha value is -3.50. The van der Waals surface area contributed by atoms with Gasteiger partial charge in [-0.3, -0.25) is 20.2 Å². The van der Waals surface area contributed by atoms with Crippen molar-refractivity contribution in [1.29, 1.82) is 0 Å². The van der Waals surface area contributed by atoms with Gasteiger partial charge in [-0.1, -0.05) is 36.4 Å². The third-order valence-electron chi connectivity index (χ3n) is 5.40. The first-order valence-electron chi connectivity index (χ1n) is 10.5. The van der Waals surface area contributed by atoms with Crippen molar-refractivity contribution in [2.24, 2.45) is 0 Å². The molecule has 1 aliphatic heterocycles. The predicted octanol–water partition coefficient (Wildman–Crippen LogP) is 4.11. The maximum atomic E-state index is 12.2. The third-order valence-corrected chi connectivity index (χ3v) is 6.63. The number of rotatable bonds is 6. The summed E-state index contributed by atoms with van der Waals surface area (Å²) >= 11 is 6.79. The molecule has 0 bridgehead atoms. The second-order valence-electron chi connectivity index (χ2n) is 7.51. The molecule has 33 heavy (non-hydrogen) atoms. The molecule has 170 valence electrons. The number of thiophene rings is 1. The summed E-state index contributed by atoms with van der Waals surface area (Å²) in [6.07, 6.45) is 0. The van der Waals surface area contributed by atoms with Crippen LogP contribution in [-0.4, -0.2) is 47.0 Å². The monoisotopic (exact) mass is 481 g/mol. The highest BCUT2D eigenvalue weighted by Crippen LogP contribution is 2.30. The second-order valence-corrected chi connectivity index (χ2v) is 8.84. The van der Waals surface area contributed by atoms with E-state index in [4.69, 9.17) is 12.2 Å². The highest BCUT2D eigenvalue weighted by molar-refractivity contribution is 7.80. The quantitative estimate of drug-likeness (QED) is 0.311. The molecule has 0 spiro atoms. The Balaban J connectivity index is 1.38. The number of carbonyl (C=O) groups excluding carboxylic acids is 1. The average Bonchev–Trinajstić information content (AvgIpc) is 3.38. The van der Waals surface area contributed by atoms with Gasteiger partial charge in [-0.15, -0.1) is 11.3 Å². The number of nitro benzene ring substituents is 1. The van der Waals surface area contributed by atoms with Crippen LogP contribution in [0.3, 0.4) is 0 Å². The van der Waals surface area contributed by atoms with Crippen LogP contribution in [-0.2, 0) is 6.54 Å². The smallest absolute Gasteiger partial charge is 0.292 e. The van der Waals surface area contributed by atoms with Gasteiger partial charge in [0.05, 0.1) is 9.80 Å². The van der Waals surface area contributed by atoms with Gasteiger partial charge in [0.25, 0.3) is 11.6 Å². The molecule has 3 aromatic rings. The van der Waals surface area contributed by atoms with Gasteiger partial charge in [-0.05, 0) is 41.4 Å². The van der Waals surface area contributed by atoms with Gasteiger partial charge in [-0.25, -0.2) is 0 Å². The molecule has 2 heterocycles. The van der Waals surface area contributed by atoms with Crippen molar-refractivity contribution < 1.29 is 9.72 Å². The minimum Gasteiger partial charge on any atom is -0.375 e. The fraction of sp³-hybridized carbons (Fsp3) is 0.217. The number of amides is 1. The van der Waals surface area contributed by atoms with E-state index in [0.717, 1.165) is 11.3 Å². The van der Waals surface area contributed by atoms with E-state index < -0.39 is 0 Å². The Morgan fingerprint density at radius 2 is 1.82 bits per heavy atom. The average molecular weight is 482 g/mol. The number of benzene rings is 2. The Morgan fingerprint density at radius 1 is 1.06 bits per heavy atom. The number of hydrogen-bond donors (Lipinski definition) is 2. The SMILES string of the molecule is O=C(NC(=S)N1CCN(c2ccc([N+](=O)[O-])c(NCc3ccccc3)c2)CC1)c1cccs1. The number of carbonyl (C=O) groups is 1. The molecule has 1 saturated heterocycles. The highest BCUT2D eigenvalue weighted by Gasteiger charge is 2.23. The van der Waals surface area contributed by atoms with Gasteiger partial charge in [-0.2, -0.15) is 0 Å². The molecule has 1 aliphatic rings. The largest absolute Gasteiger partial charge is 0.375 e. The van der Waals surface area contributed by atoms with Crippen molar-refractivity contribution >= 4 is 51.6 Å². The van der Waals surface area contributed by atoms with Crippen LogP contribution in [0.15, 0.2) is 66.0 Å². The van der Waals surface area contributed by atoms with Gasteiger partial charge < -0.3 is 15.1 Å². The van der Waals surface area contributed by atoms with E-state index in [9.17, 15) is 14.9 Å². The number of hydrogen-bond acceptors (Lipinski definition) is 7. The Kier molecular flexibility index (Phi) is 7.16. The lowest BCUT2D eigenvalue weighted by Crippen LogP contribution is -2.52. The van der Waals surface area contributed by atoms with Crippen LogP contribution in [0.2, 0.25) is 0 Å². The first kappa shape index (κ1) is 22.7. The van der Waals surface area contributed by atoms with Crippen molar-refractivity contribution in [3.05, 3.63) is 86.6 Å². The molecule has 8 nitrogen and oxygen atoms in total. The molecule has 4 rings (SSSR count). The summed E-state index contributed by atoms with van der Waals surface area (Å²) in [4.78, 5) is 28.1. The molecule has 0 aliphatic carbocycles. The number of nitro groups is 1. The Bertz CT molecular complexity index is 1130. The molecule has 10 heteroatoms. The van der Waals surface area contributed by atoms with E-state index in [1.54, 1.807) is 18.2 Å². The molecule has 1 fully saturated rings. The van der Waals surface area contributed by atoms with Gasteiger partial charge in [0.2, 0.25) is 0 Å². The van der Waals surface area contributed by atoms with Crippen molar-refractivity contribution in [3.63, 3.8) is 0 Å². The lowest BCUT2D eigenvalue weighted by atomic mass is 10.2. The second kappa shape index (κ2) is 10.4. The first-order chi connectivity index (χ1) is 16.0. The molecule has 2 aromatic carbocycles. The Labute approximate surface area is 201 Å². The Morgan fingerprint density at radius 3 is 2.48 bits per heavy atom.